The van der Waals surface area contributed by atoms with Crippen molar-refractivity contribution < 1.29 is 96.3 Å². The van der Waals surface area contributed by atoms with Crippen molar-refractivity contribution in [2.24, 2.45) is 11.8 Å². The second-order valence-electron chi connectivity index (χ2n) is 21.2. The number of nitrogens with one attached hydrogen (secondary N) is 1. The molecule has 0 spiro atoms. The lowest BCUT2D eigenvalue weighted by atomic mass is 9.85. The van der Waals surface area contributed by atoms with Gasteiger partial charge < -0.3 is 68.2 Å². The first-order chi connectivity index (χ1) is 38.4. The molecule has 2 fully saturated rings. The normalized spacial score (nSPS) is 19.9. The van der Waals surface area contributed by atoms with E-state index in [4.69, 9.17) is 42.6 Å². The molecule has 6 unspecified atom stereocenters. The van der Waals surface area contributed by atoms with Gasteiger partial charge in [-0.15, -0.1) is 4.37 Å². The number of carbonyl (C=O) groups is 8. The first-order valence-corrected chi connectivity index (χ1v) is 28.3. The Kier molecular flexibility index (Phi) is 28.6. The van der Waals surface area contributed by atoms with Crippen LogP contribution in [0, 0.1) is 11.8 Å². The predicted octanol–water partition coefficient (Wildman–Crippen LogP) is 4.20. The standard InChI is InChI=1S/C56H82N4O20S/c1-34(74-46(64)21-16-22-47(65)79-41(32-57-56(6,7)8)33-73-50-49(58-81-59-50)60-27-29-72-30-28-60)51(67)75-35(2)52(68)76-36(3)53(69)77-37(4)54(70)78-38(5)55(71)80-48(66)20-15-10-9-14-19-42-43(45(63)31-44(42)62)26-25-40(61)24-23-39-17-12-11-13-18-39/h9,11-14,17-18,34-38,40-45,57,61-63H,10,15-16,19-33H2,1-8H3/b14-9-/t34?,35?,36?,37?,38?,40-,41?,42+,43+,44-,45+/m1/s1. The summed E-state index contributed by atoms with van der Waals surface area (Å²) in [4.78, 5) is 103. The van der Waals surface area contributed by atoms with Gasteiger partial charge in [0.2, 0.25) is 5.82 Å². The van der Waals surface area contributed by atoms with Crippen molar-refractivity contribution in [3.05, 3.63) is 48.0 Å². The number of rotatable bonds is 33. The van der Waals surface area contributed by atoms with Gasteiger partial charge in [-0.25, -0.2) is 24.0 Å². The molecule has 452 valence electrons. The fraction of sp³-hybridized carbons (Fsp3) is 0.679. The fourth-order valence-electron chi connectivity index (χ4n) is 8.56. The van der Waals surface area contributed by atoms with E-state index in [2.05, 4.69) is 14.1 Å². The summed E-state index contributed by atoms with van der Waals surface area (Å²) in [5.74, 6) is -7.60. The van der Waals surface area contributed by atoms with Crippen LogP contribution in [0.25, 0.3) is 0 Å². The Labute approximate surface area is 477 Å². The highest BCUT2D eigenvalue weighted by Crippen LogP contribution is 2.38. The number of hydrogen-bond donors (Lipinski definition) is 4. The first-order valence-electron chi connectivity index (χ1n) is 27.6. The number of aromatic nitrogens is 2. The zero-order valence-corrected chi connectivity index (χ0v) is 48.5. The minimum atomic E-state index is -1.62. The van der Waals surface area contributed by atoms with E-state index in [0.29, 0.717) is 76.5 Å². The Morgan fingerprint density at radius 3 is 1.84 bits per heavy atom. The predicted molar refractivity (Wildman–Crippen MR) is 290 cm³/mol. The fourth-order valence-corrected chi connectivity index (χ4v) is 9.08. The van der Waals surface area contributed by atoms with Gasteiger partial charge in [-0.3, -0.25) is 14.4 Å². The van der Waals surface area contributed by atoms with Crippen molar-refractivity contribution in [3.8, 4) is 5.88 Å². The number of benzene rings is 1. The lowest BCUT2D eigenvalue weighted by Gasteiger charge is -2.27. The van der Waals surface area contributed by atoms with Gasteiger partial charge in [-0.2, -0.15) is 4.37 Å². The van der Waals surface area contributed by atoms with Gasteiger partial charge in [0.25, 0.3) is 5.88 Å². The number of aryl methyl sites for hydroxylation is 1. The van der Waals surface area contributed by atoms with Gasteiger partial charge in [0.1, 0.15) is 12.7 Å². The molecule has 11 atom stereocenters. The summed E-state index contributed by atoms with van der Waals surface area (Å²) in [6.07, 6.45) is -3.31. The van der Waals surface area contributed by atoms with Gasteiger partial charge >= 0.3 is 47.8 Å². The number of aliphatic hydroxyl groups is 3. The van der Waals surface area contributed by atoms with Crippen molar-refractivity contribution in [2.75, 3.05) is 44.4 Å². The van der Waals surface area contributed by atoms with Crippen LogP contribution in [0.15, 0.2) is 42.5 Å². The average molecular weight is 1160 g/mol. The average Bonchev–Trinajstić information content (AvgIpc) is 4.05. The largest absolute Gasteiger partial charge is 0.470 e. The molecule has 0 bridgehead atoms. The van der Waals surface area contributed by atoms with Gasteiger partial charge in [0.15, 0.2) is 30.5 Å². The van der Waals surface area contributed by atoms with Crippen molar-refractivity contribution in [2.45, 2.75) is 193 Å². The number of ether oxygens (including phenoxy) is 9. The Morgan fingerprint density at radius 1 is 0.704 bits per heavy atom. The van der Waals surface area contributed by atoms with Crippen LogP contribution in [0.3, 0.4) is 0 Å². The number of esters is 8. The molecule has 2 heterocycles. The quantitative estimate of drug-likeness (QED) is 0.0256. The number of carbonyl (C=O) groups excluding carboxylic acids is 8. The van der Waals surface area contributed by atoms with Crippen LogP contribution in [-0.4, -0.2) is 172 Å². The number of anilines is 1. The van der Waals surface area contributed by atoms with Crippen LogP contribution in [0.5, 0.6) is 5.88 Å². The number of aliphatic hydroxyl groups excluding tert-OH is 3. The maximum Gasteiger partial charge on any atom is 0.354 e. The monoisotopic (exact) mass is 1160 g/mol. The van der Waals surface area contributed by atoms with E-state index in [0.717, 1.165) is 51.4 Å². The summed E-state index contributed by atoms with van der Waals surface area (Å²) in [7, 11) is 0. The molecular formula is C56H82N4O20S. The van der Waals surface area contributed by atoms with Crippen molar-refractivity contribution >= 4 is 65.3 Å². The molecule has 4 N–H and O–H groups in total. The first kappa shape index (κ1) is 67.4. The Bertz CT molecular complexity index is 2360. The highest BCUT2D eigenvalue weighted by Gasteiger charge is 2.41. The van der Waals surface area contributed by atoms with Gasteiger partial charge in [-0.05, 0) is 131 Å². The highest BCUT2D eigenvalue weighted by atomic mass is 32.1. The minimum absolute atomic E-state index is 0.0175. The van der Waals surface area contributed by atoms with E-state index < -0.39 is 103 Å². The molecule has 24 nitrogen and oxygen atoms in total. The molecule has 1 aromatic carbocycles. The van der Waals surface area contributed by atoms with E-state index in [1.807, 2.05) is 68.2 Å². The van der Waals surface area contributed by atoms with Crippen LogP contribution in [-0.2, 0) is 82.7 Å². The van der Waals surface area contributed by atoms with E-state index in [9.17, 15) is 53.7 Å². The summed E-state index contributed by atoms with van der Waals surface area (Å²) in [6.45, 7) is 14.2. The molecule has 1 saturated carbocycles. The zero-order chi connectivity index (χ0) is 59.6. The molecule has 1 aromatic heterocycles. The molecule has 0 amide bonds. The lowest BCUT2D eigenvalue weighted by molar-refractivity contribution is -0.187. The van der Waals surface area contributed by atoms with Crippen LogP contribution >= 0.6 is 11.7 Å². The van der Waals surface area contributed by atoms with Gasteiger partial charge in [0.05, 0.1) is 43.3 Å². The summed E-state index contributed by atoms with van der Waals surface area (Å²) in [5, 5.41) is 35.1. The van der Waals surface area contributed by atoms with Crippen LogP contribution in [0.1, 0.15) is 132 Å². The molecule has 4 rings (SSSR count). The summed E-state index contributed by atoms with van der Waals surface area (Å²) in [6, 6.07) is 9.88. The van der Waals surface area contributed by atoms with E-state index >= 15 is 0 Å². The second kappa shape index (κ2) is 34.4. The summed E-state index contributed by atoms with van der Waals surface area (Å²) in [5.41, 5.74) is 0.844. The molecular weight excluding hydrogens is 1080 g/mol. The SMILES string of the molecule is CC(OC(=O)CCCC(=O)OC(CNC(C)(C)C)COc1nsnc1N1CCOCC1)C(=O)OC(C)C(=O)OC(C)C(=O)OC(C)C(=O)OC(C)C(=O)OC(=O)CCC/C=C\C[C@H]1[C@H](CC[C@H](O)CCc2ccccc2)[C@@H](O)C[C@H]1O. The second-order valence-corrected chi connectivity index (χ2v) is 21.7. The van der Waals surface area contributed by atoms with Crippen molar-refractivity contribution in [1.82, 2.24) is 14.1 Å². The summed E-state index contributed by atoms with van der Waals surface area (Å²) < 4.78 is 55.8. The minimum Gasteiger partial charge on any atom is -0.470 e. The third kappa shape index (κ3) is 24.9. The number of allylic oxidation sites excluding steroid dienone is 2. The number of hydrogen-bond acceptors (Lipinski definition) is 25. The van der Waals surface area contributed by atoms with Crippen molar-refractivity contribution in [3.63, 3.8) is 0 Å². The van der Waals surface area contributed by atoms with E-state index in [1.165, 1.54) is 6.92 Å². The molecule has 25 heteroatoms. The smallest absolute Gasteiger partial charge is 0.354 e. The molecule has 81 heavy (non-hydrogen) atoms. The highest BCUT2D eigenvalue weighted by molar-refractivity contribution is 6.99. The van der Waals surface area contributed by atoms with Crippen LogP contribution in [0.2, 0.25) is 0 Å². The van der Waals surface area contributed by atoms with Gasteiger partial charge in [0, 0.05) is 44.4 Å². The van der Waals surface area contributed by atoms with Crippen LogP contribution < -0.4 is 15.0 Å². The number of nitrogens with zero attached hydrogens (tertiary/aromatic N) is 3. The summed E-state index contributed by atoms with van der Waals surface area (Å²) >= 11 is 1.00. The number of unbranched alkanes of at least 4 members (excludes halogenated alkanes) is 1. The molecule has 1 saturated heterocycles. The van der Waals surface area contributed by atoms with E-state index in [1.54, 1.807) is 0 Å². The topological polar surface area (TPSA) is 321 Å². The molecule has 2 aliphatic rings. The Hall–Kier alpha value is -6.12. The van der Waals surface area contributed by atoms with E-state index in [-0.39, 0.29) is 62.6 Å². The third-order valence-corrected chi connectivity index (χ3v) is 13.7. The third-order valence-electron chi connectivity index (χ3n) is 13.2. The maximum absolute atomic E-state index is 12.9. The Balaban J connectivity index is 1.07. The van der Waals surface area contributed by atoms with Crippen LogP contribution in [0.4, 0.5) is 5.82 Å². The molecule has 0 radical (unpaired) electrons. The van der Waals surface area contributed by atoms with Crippen molar-refractivity contribution in [1.29, 1.82) is 0 Å². The van der Waals surface area contributed by atoms with Gasteiger partial charge in [-0.1, -0.05) is 42.5 Å². The molecule has 2 aromatic rings. The lowest BCUT2D eigenvalue weighted by Crippen LogP contribution is -2.44. The maximum atomic E-state index is 12.9. The zero-order valence-electron chi connectivity index (χ0n) is 47.7. The molecule has 1 aliphatic carbocycles. The number of morpholine rings is 1. The Morgan fingerprint density at radius 2 is 1.25 bits per heavy atom. The molecule has 1 aliphatic heterocycles.